The number of rotatable bonds is 25. The SMILES string of the molecule is CCCCc1ccc(N=Nc2ccc(OCCCCOc3ccc(C#Cc4ccc(OCCCCCC(=O)O[C@H]5CC[C@@]6(C)C(=CC[C@H]7[C@@H]8CC[C@H]([C@H](C)CCCC(C)C)[C@@]8(C)CC[C@@H]76)C5)cc4)cc3)cc2)cc1. The molecule has 7 heteroatoms. The standard InChI is InChI=1S/C67H88N2O5/c1-7-8-17-51-21-28-55(29-22-51)68-69-56-30-36-59(37-31-56)73-47-13-12-46-72-58-34-25-53(26-35-58)20-19-52-23-32-57(33-24-52)71-45-11-9-10-18-65(70)74-60-41-43-66(5)54(48-60)27-38-61-63-40-39-62(50(4)16-14-15-49(2)3)67(63,6)44-42-64(61)66/h21-37,49-50,60-64H,7-18,38-48H2,1-6H3/t50-,60+,61+,62-,63+,64+,66+,67-/m1/s1. The molecule has 0 unspecified atom stereocenters. The number of hydrogen-bond donors (Lipinski definition) is 0. The van der Waals surface area contributed by atoms with Crippen LogP contribution in [0, 0.1) is 58.2 Å². The smallest absolute Gasteiger partial charge is 0.306 e. The molecule has 0 aromatic heterocycles. The summed E-state index contributed by atoms with van der Waals surface area (Å²) in [5, 5.41) is 8.75. The van der Waals surface area contributed by atoms with Gasteiger partial charge in [-0.3, -0.25) is 4.79 Å². The number of aryl methyl sites for hydroxylation is 1. The van der Waals surface area contributed by atoms with Gasteiger partial charge in [-0.05, 0) is 227 Å². The maximum Gasteiger partial charge on any atom is 0.306 e. The summed E-state index contributed by atoms with van der Waals surface area (Å²) >= 11 is 0. The van der Waals surface area contributed by atoms with E-state index in [1.807, 2.05) is 84.9 Å². The Morgan fingerprint density at radius 3 is 1.81 bits per heavy atom. The lowest BCUT2D eigenvalue weighted by molar-refractivity contribution is -0.151. The first-order valence-electron chi connectivity index (χ1n) is 29.1. The van der Waals surface area contributed by atoms with E-state index in [1.165, 1.54) is 69.8 Å². The summed E-state index contributed by atoms with van der Waals surface area (Å²) in [5.41, 5.74) is 7.25. The highest BCUT2D eigenvalue weighted by molar-refractivity contribution is 5.69. The van der Waals surface area contributed by atoms with Gasteiger partial charge < -0.3 is 18.9 Å². The second kappa shape index (κ2) is 26.9. The number of unbranched alkanes of at least 4 members (excludes halogenated alkanes) is 4. The second-order valence-corrected chi connectivity index (χ2v) is 23.5. The van der Waals surface area contributed by atoms with Crippen LogP contribution in [0.2, 0.25) is 0 Å². The van der Waals surface area contributed by atoms with Crippen LogP contribution in [0.3, 0.4) is 0 Å². The van der Waals surface area contributed by atoms with Gasteiger partial charge in [0.15, 0.2) is 0 Å². The normalized spacial score (nSPS) is 24.5. The van der Waals surface area contributed by atoms with E-state index in [9.17, 15) is 4.79 Å². The number of esters is 1. The minimum Gasteiger partial charge on any atom is -0.494 e. The molecular weight excluding hydrogens is 913 g/mol. The van der Waals surface area contributed by atoms with E-state index >= 15 is 0 Å². The quantitative estimate of drug-likeness (QED) is 0.0217. The monoisotopic (exact) mass is 1000 g/mol. The first-order chi connectivity index (χ1) is 36.0. The highest BCUT2D eigenvalue weighted by atomic mass is 16.5. The third-order valence-electron chi connectivity index (χ3n) is 17.9. The number of allylic oxidation sites excluding steroid dienone is 1. The van der Waals surface area contributed by atoms with Crippen molar-refractivity contribution in [3.05, 3.63) is 125 Å². The van der Waals surface area contributed by atoms with Crippen molar-refractivity contribution in [1.82, 2.24) is 0 Å². The maximum absolute atomic E-state index is 13.0. The maximum atomic E-state index is 13.0. The fourth-order valence-electron chi connectivity index (χ4n) is 13.6. The fraction of sp³-hybridized carbons (Fsp3) is 0.567. The van der Waals surface area contributed by atoms with E-state index < -0.39 is 0 Å². The van der Waals surface area contributed by atoms with Gasteiger partial charge in [0.1, 0.15) is 23.4 Å². The van der Waals surface area contributed by atoms with E-state index in [2.05, 4.69) is 81.8 Å². The lowest BCUT2D eigenvalue weighted by Gasteiger charge is -2.58. The van der Waals surface area contributed by atoms with E-state index in [1.54, 1.807) is 5.57 Å². The number of carbonyl (C=O) groups excluding carboxylic acids is 1. The van der Waals surface area contributed by atoms with Crippen LogP contribution in [0.1, 0.15) is 180 Å². The lowest BCUT2D eigenvalue weighted by atomic mass is 9.47. The summed E-state index contributed by atoms with van der Waals surface area (Å²) in [7, 11) is 0. The average molecular weight is 1000 g/mol. The number of nitrogens with zero attached hydrogens (tertiary/aromatic N) is 2. The Hall–Kier alpha value is -5.35. The number of fused-ring (bicyclic) bond motifs is 5. The van der Waals surface area contributed by atoms with Crippen LogP contribution in [0.5, 0.6) is 17.2 Å². The van der Waals surface area contributed by atoms with E-state index in [0.29, 0.717) is 31.7 Å². The molecule has 0 N–H and O–H groups in total. The Bertz CT molecular complexity index is 2480. The molecule has 7 nitrogen and oxygen atoms in total. The fourth-order valence-corrected chi connectivity index (χ4v) is 13.6. The predicted molar refractivity (Wildman–Crippen MR) is 302 cm³/mol. The molecular formula is C67H88N2O5. The molecule has 0 amide bonds. The molecule has 74 heavy (non-hydrogen) atoms. The Morgan fingerprint density at radius 1 is 0.635 bits per heavy atom. The van der Waals surface area contributed by atoms with Crippen molar-refractivity contribution in [1.29, 1.82) is 0 Å². The molecule has 0 saturated heterocycles. The third kappa shape index (κ3) is 14.9. The Balaban J connectivity index is 0.658. The molecule has 8 atom stereocenters. The van der Waals surface area contributed by atoms with Gasteiger partial charge >= 0.3 is 5.97 Å². The average Bonchev–Trinajstić information content (AvgIpc) is 3.77. The molecule has 396 valence electrons. The van der Waals surface area contributed by atoms with Crippen molar-refractivity contribution in [3.8, 4) is 29.1 Å². The summed E-state index contributed by atoms with van der Waals surface area (Å²) < 4.78 is 24.1. The number of benzene rings is 4. The summed E-state index contributed by atoms with van der Waals surface area (Å²) in [4.78, 5) is 13.0. The van der Waals surface area contributed by atoms with Gasteiger partial charge in [-0.2, -0.15) is 10.2 Å². The summed E-state index contributed by atoms with van der Waals surface area (Å²) in [6.45, 7) is 16.7. The van der Waals surface area contributed by atoms with Crippen molar-refractivity contribution in [2.45, 2.75) is 176 Å². The summed E-state index contributed by atoms with van der Waals surface area (Å²) in [5.74, 6) is 14.0. The molecule has 3 saturated carbocycles. The van der Waals surface area contributed by atoms with Gasteiger partial charge in [0.25, 0.3) is 0 Å². The van der Waals surface area contributed by atoms with Crippen LogP contribution in [0.25, 0.3) is 0 Å². The van der Waals surface area contributed by atoms with Crippen LogP contribution in [0.4, 0.5) is 11.4 Å². The number of carbonyl (C=O) groups is 1. The van der Waals surface area contributed by atoms with Gasteiger partial charge in [0.2, 0.25) is 0 Å². The molecule has 0 radical (unpaired) electrons. The number of ether oxygens (including phenoxy) is 4. The highest BCUT2D eigenvalue weighted by Gasteiger charge is 2.59. The molecule has 8 rings (SSSR count). The molecule has 0 heterocycles. The van der Waals surface area contributed by atoms with Crippen LogP contribution in [0.15, 0.2) is 119 Å². The molecule has 4 aliphatic rings. The second-order valence-electron chi connectivity index (χ2n) is 23.5. The first kappa shape index (κ1) is 54.9. The molecule has 0 spiro atoms. The first-order valence-corrected chi connectivity index (χ1v) is 29.1. The topological polar surface area (TPSA) is 78.7 Å². The zero-order valence-electron chi connectivity index (χ0n) is 46.1. The van der Waals surface area contributed by atoms with Crippen molar-refractivity contribution in [2.24, 2.45) is 56.6 Å². The Kier molecular flexibility index (Phi) is 20.0. The van der Waals surface area contributed by atoms with Gasteiger partial charge in [-0.25, -0.2) is 0 Å². The Labute approximate surface area is 446 Å². The summed E-state index contributed by atoms with van der Waals surface area (Å²) in [6.07, 6.45) is 25.3. The van der Waals surface area contributed by atoms with E-state index in [4.69, 9.17) is 18.9 Å². The van der Waals surface area contributed by atoms with Gasteiger partial charge in [-0.15, -0.1) is 0 Å². The van der Waals surface area contributed by atoms with Crippen LogP contribution < -0.4 is 14.2 Å². The molecule has 4 aliphatic carbocycles. The zero-order valence-corrected chi connectivity index (χ0v) is 46.1. The third-order valence-corrected chi connectivity index (χ3v) is 17.9. The van der Waals surface area contributed by atoms with Crippen LogP contribution in [-0.4, -0.2) is 31.9 Å². The van der Waals surface area contributed by atoms with E-state index in [-0.39, 0.29) is 17.5 Å². The molecule has 4 aromatic carbocycles. The van der Waals surface area contributed by atoms with Crippen molar-refractivity contribution in [2.75, 3.05) is 19.8 Å². The minimum absolute atomic E-state index is 0.0324. The molecule has 4 aromatic rings. The zero-order chi connectivity index (χ0) is 51.8. The van der Waals surface area contributed by atoms with Crippen LogP contribution >= 0.6 is 0 Å². The Morgan fingerprint density at radius 2 is 1.22 bits per heavy atom. The van der Waals surface area contributed by atoms with Crippen molar-refractivity contribution >= 4 is 17.3 Å². The predicted octanol–water partition coefficient (Wildman–Crippen LogP) is 18.0. The lowest BCUT2D eigenvalue weighted by Crippen LogP contribution is -2.51. The number of hydrogen-bond acceptors (Lipinski definition) is 7. The van der Waals surface area contributed by atoms with Gasteiger partial charge in [0, 0.05) is 24.0 Å². The molecule has 0 aliphatic heterocycles. The summed E-state index contributed by atoms with van der Waals surface area (Å²) in [6, 6.07) is 31.9. The van der Waals surface area contributed by atoms with Crippen molar-refractivity contribution in [3.63, 3.8) is 0 Å². The highest BCUT2D eigenvalue weighted by Crippen LogP contribution is 2.67. The van der Waals surface area contributed by atoms with Gasteiger partial charge in [0.05, 0.1) is 31.2 Å². The largest absolute Gasteiger partial charge is 0.494 e. The van der Waals surface area contributed by atoms with E-state index in [0.717, 1.165) is 133 Å². The molecule has 3 fully saturated rings. The van der Waals surface area contributed by atoms with Gasteiger partial charge in [-0.1, -0.05) is 103 Å². The molecule has 0 bridgehead atoms. The minimum atomic E-state index is -0.0324. The van der Waals surface area contributed by atoms with Crippen molar-refractivity contribution < 1.29 is 23.7 Å². The number of azo groups is 1. The van der Waals surface area contributed by atoms with Crippen LogP contribution in [-0.2, 0) is 16.0 Å².